The number of hydrogen-bond donors (Lipinski definition) is 1. The van der Waals surface area contributed by atoms with E-state index in [0.717, 1.165) is 0 Å². The van der Waals surface area contributed by atoms with Gasteiger partial charge in [0.1, 0.15) is 5.60 Å². The van der Waals surface area contributed by atoms with E-state index >= 15 is 0 Å². The molecule has 0 saturated carbocycles. The van der Waals surface area contributed by atoms with E-state index in [9.17, 15) is 9.59 Å². The van der Waals surface area contributed by atoms with Gasteiger partial charge in [0.05, 0.1) is 5.92 Å². The first-order chi connectivity index (χ1) is 7.76. The highest BCUT2D eigenvalue weighted by Gasteiger charge is 2.41. The number of carbonyl (C=O) groups excluding carboxylic acids is 1. The SMILES string of the molecule is CC[C@H]1[C@@H](C(=O)O)CCN1C(=O)OC(C)(C)C. The minimum atomic E-state index is -0.831. The zero-order valence-electron chi connectivity index (χ0n) is 10.9. The van der Waals surface area contributed by atoms with Gasteiger partial charge in [0.15, 0.2) is 0 Å². The average Bonchev–Trinajstić information content (AvgIpc) is 2.57. The maximum atomic E-state index is 11.9. The van der Waals surface area contributed by atoms with Crippen molar-refractivity contribution in [3.05, 3.63) is 0 Å². The molecule has 1 N–H and O–H groups in total. The molecule has 5 heteroatoms. The molecular weight excluding hydrogens is 222 g/mol. The standard InChI is InChI=1S/C12H21NO4/c1-5-9-8(10(14)15)6-7-13(9)11(16)17-12(2,3)4/h8-9H,5-7H2,1-4H3,(H,14,15)/t8-,9-/m0/s1. The minimum Gasteiger partial charge on any atom is -0.481 e. The van der Waals surface area contributed by atoms with Gasteiger partial charge in [0, 0.05) is 12.6 Å². The van der Waals surface area contributed by atoms with Gasteiger partial charge in [-0.25, -0.2) is 4.79 Å². The zero-order valence-corrected chi connectivity index (χ0v) is 10.9. The lowest BCUT2D eigenvalue weighted by atomic mass is 9.99. The number of carboxylic acid groups (broad SMARTS) is 1. The van der Waals surface area contributed by atoms with Crippen LogP contribution in [0.15, 0.2) is 0 Å². The molecule has 0 aromatic carbocycles. The number of carboxylic acids is 1. The Morgan fingerprint density at radius 2 is 2.00 bits per heavy atom. The van der Waals surface area contributed by atoms with Gasteiger partial charge in [-0.1, -0.05) is 6.92 Å². The quantitative estimate of drug-likeness (QED) is 0.806. The summed E-state index contributed by atoms with van der Waals surface area (Å²) in [7, 11) is 0. The second kappa shape index (κ2) is 4.94. The summed E-state index contributed by atoms with van der Waals surface area (Å²) in [4.78, 5) is 24.5. The maximum absolute atomic E-state index is 11.9. The summed E-state index contributed by atoms with van der Waals surface area (Å²) in [6, 6.07) is -0.248. The van der Waals surface area contributed by atoms with Crippen molar-refractivity contribution in [3.63, 3.8) is 0 Å². The van der Waals surface area contributed by atoms with Gasteiger partial charge in [-0.2, -0.15) is 0 Å². The highest BCUT2D eigenvalue weighted by Crippen LogP contribution is 2.28. The van der Waals surface area contributed by atoms with Crippen molar-refractivity contribution >= 4 is 12.1 Å². The summed E-state index contributed by atoms with van der Waals surface area (Å²) in [6.07, 6.45) is 0.733. The van der Waals surface area contributed by atoms with Gasteiger partial charge >= 0.3 is 12.1 Å². The lowest BCUT2D eigenvalue weighted by Gasteiger charge is -2.29. The van der Waals surface area contributed by atoms with Crippen LogP contribution in [-0.2, 0) is 9.53 Å². The van der Waals surface area contributed by atoms with Crippen molar-refractivity contribution < 1.29 is 19.4 Å². The van der Waals surface area contributed by atoms with Crippen molar-refractivity contribution in [2.45, 2.75) is 52.2 Å². The highest BCUT2D eigenvalue weighted by molar-refractivity contribution is 5.75. The third-order valence-electron chi connectivity index (χ3n) is 2.91. The van der Waals surface area contributed by atoms with Crippen molar-refractivity contribution in [3.8, 4) is 0 Å². The fraction of sp³-hybridized carbons (Fsp3) is 0.833. The number of hydrogen-bond acceptors (Lipinski definition) is 3. The number of likely N-dealkylation sites (tertiary alicyclic amines) is 1. The van der Waals surface area contributed by atoms with Gasteiger partial charge in [-0.15, -0.1) is 0 Å². The number of rotatable bonds is 2. The fourth-order valence-corrected chi connectivity index (χ4v) is 2.19. The zero-order chi connectivity index (χ0) is 13.2. The first-order valence-electron chi connectivity index (χ1n) is 5.98. The van der Waals surface area contributed by atoms with Crippen molar-refractivity contribution in [2.24, 2.45) is 5.92 Å². The van der Waals surface area contributed by atoms with E-state index < -0.39 is 23.6 Å². The normalized spacial score (nSPS) is 24.8. The Morgan fingerprint density at radius 1 is 1.41 bits per heavy atom. The third kappa shape index (κ3) is 3.35. The average molecular weight is 243 g/mol. The molecule has 5 nitrogen and oxygen atoms in total. The molecule has 1 rings (SSSR count). The molecule has 1 fully saturated rings. The van der Waals surface area contributed by atoms with Crippen LogP contribution in [0.1, 0.15) is 40.5 Å². The molecule has 1 aliphatic rings. The molecular formula is C12H21NO4. The second-order valence-corrected chi connectivity index (χ2v) is 5.38. The van der Waals surface area contributed by atoms with Gasteiger partial charge < -0.3 is 14.7 Å². The van der Waals surface area contributed by atoms with Gasteiger partial charge in [-0.3, -0.25) is 4.79 Å². The van der Waals surface area contributed by atoms with E-state index in [0.29, 0.717) is 19.4 Å². The minimum absolute atomic E-state index is 0.248. The first kappa shape index (κ1) is 13.8. The molecule has 0 aromatic rings. The Kier molecular flexibility index (Phi) is 4.01. The largest absolute Gasteiger partial charge is 0.481 e. The van der Waals surface area contributed by atoms with Crippen LogP contribution < -0.4 is 0 Å². The lowest BCUT2D eigenvalue weighted by molar-refractivity contribution is -0.142. The van der Waals surface area contributed by atoms with Crippen LogP contribution in [0.3, 0.4) is 0 Å². The third-order valence-corrected chi connectivity index (χ3v) is 2.91. The van der Waals surface area contributed by atoms with E-state index in [1.165, 1.54) is 0 Å². The molecule has 98 valence electrons. The van der Waals surface area contributed by atoms with Crippen LogP contribution in [0, 0.1) is 5.92 Å². The summed E-state index contributed by atoms with van der Waals surface area (Å²) in [5.74, 6) is -1.30. The number of amides is 1. The van der Waals surface area contributed by atoms with Crippen LogP contribution in [-0.4, -0.2) is 40.3 Å². The summed E-state index contributed by atoms with van der Waals surface area (Å²) >= 11 is 0. The molecule has 0 radical (unpaired) electrons. The predicted octanol–water partition coefficient (Wildman–Crippen LogP) is 2.11. The number of aliphatic carboxylic acids is 1. The first-order valence-corrected chi connectivity index (χ1v) is 5.98. The van der Waals surface area contributed by atoms with Crippen molar-refractivity contribution in [1.29, 1.82) is 0 Å². The molecule has 17 heavy (non-hydrogen) atoms. The molecule has 1 aliphatic heterocycles. The molecule has 1 saturated heterocycles. The molecule has 1 amide bonds. The molecule has 0 spiro atoms. The van der Waals surface area contributed by atoms with E-state index in [1.54, 1.807) is 25.7 Å². The van der Waals surface area contributed by atoms with Crippen LogP contribution >= 0.6 is 0 Å². The van der Waals surface area contributed by atoms with Crippen LogP contribution in [0.4, 0.5) is 4.79 Å². The topological polar surface area (TPSA) is 66.8 Å². The van der Waals surface area contributed by atoms with E-state index in [-0.39, 0.29) is 6.04 Å². The van der Waals surface area contributed by atoms with Crippen LogP contribution in [0.25, 0.3) is 0 Å². The molecule has 0 aromatic heterocycles. The summed E-state index contributed by atoms with van der Waals surface area (Å²) in [6.45, 7) is 7.76. The Morgan fingerprint density at radius 3 is 2.41 bits per heavy atom. The second-order valence-electron chi connectivity index (χ2n) is 5.38. The molecule has 2 atom stereocenters. The number of carbonyl (C=O) groups is 2. The Hall–Kier alpha value is -1.26. The molecule has 0 aliphatic carbocycles. The lowest BCUT2D eigenvalue weighted by Crippen LogP contribution is -2.42. The van der Waals surface area contributed by atoms with Crippen molar-refractivity contribution in [1.82, 2.24) is 4.90 Å². The van der Waals surface area contributed by atoms with Gasteiger partial charge in [-0.05, 0) is 33.6 Å². The van der Waals surface area contributed by atoms with Gasteiger partial charge in [0.25, 0.3) is 0 Å². The maximum Gasteiger partial charge on any atom is 0.410 e. The molecule has 1 heterocycles. The van der Waals surface area contributed by atoms with Crippen molar-refractivity contribution in [2.75, 3.05) is 6.54 Å². The number of ether oxygens (including phenoxy) is 1. The highest BCUT2D eigenvalue weighted by atomic mass is 16.6. The van der Waals surface area contributed by atoms with E-state index in [1.807, 2.05) is 6.92 Å². The molecule has 0 bridgehead atoms. The van der Waals surface area contributed by atoms with Crippen LogP contribution in [0.5, 0.6) is 0 Å². The summed E-state index contributed by atoms with van der Waals surface area (Å²) in [5.41, 5.74) is -0.545. The Balaban J connectivity index is 2.72. The predicted molar refractivity (Wildman–Crippen MR) is 62.8 cm³/mol. The van der Waals surface area contributed by atoms with Crippen LogP contribution in [0.2, 0.25) is 0 Å². The monoisotopic (exact) mass is 243 g/mol. The summed E-state index contributed by atoms with van der Waals surface area (Å²) in [5, 5.41) is 9.07. The Bertz CT molecular complexity index is 308. The van der Waals surface area contributed by atoms with E-state index in [2.05, 4.69) is 0 Å². The molecule has 0 unspecified atom stereocenters. The van der Waals surface area contributed by atoms with E-state index in [4.69, 9.17) is 9.84 Å². The summed E-state index contributed by atoms with van der Waals surface area (Å²) < 4.78 is 5.28. The Labute approximate surface area is 102 Å². The smallest absolute Gasteiger partial charge is 0.410 e. The fourth-order valence-electron chi connectivity index (χ4n) is 2.19. The van der Waals surface area contributed by atoms with Gasteiger partial charge in [0.2, 0.25) is 0 Å². The number of nitrogens with zero attached hydrogens (tertiary/aromatic N) is 1.